The van der Waals surface area contributed by atoms with Gasteiger partial charge in [-0.2, -0.15) is 0 Å². The number of nitrogens with two attached hydrogens (primary N) is 1. The monoisotopic (exact) mass is 253 g/mol. The second kappa shape index (κ2) is 6.00. The summed E-state index contributed by atoms with van der Waals surface area (Å²) in [5, 5.41) is 13.9. The standard InChI is InChI=1S/C12H16FN3O2/c1-3-10(11(14)16-18)15-12(17)8-5-4-7(2)6-9(8)13/h4-6,10,18H,3H2,1-2H3,(H2,14,16)(H,15,17). The number of amidine groups is 1. The Morgan fingerprint density at radius 3 is 2.78 bits per heavy atom. The van der Waals surface area contributed by atoms with Gasteiger partial charge in [-0.25, -0.2) is 4.39 Å². The summed E-state index contributed by atoms with van der Waals surface area (Å²) in [5.41, 5.74) is 6.07. The van der Waals surface area contributed by atoms with Gasteiger partial charge in [-0.1, -0.05) is 18.1 Å². The maximum Gasteiger partial charge on any atom is 0.254 e. The normalized spacial score (nSPS) is 13.2. The van der Waals surface area contributed by atoms with Crippen LogP contribution in [-0.4, -0.2) is 23.0 Å². The molecule has 1 amide bonds. The van der Waals surface area contributed by atoms with Gasteiger partial charge in [0, 0.05) is 0 Å². The Balaban J connectivity index is 2.88. The first kappa shape index (κ1) is 14.0. The van der Waals surface area contributed by atoms with Crippen LogP contribution >= 0.6 is 0 Å². The molecule has 1 unspecified atom stereocenters. The third kappa shape index (κ3) is 3.19. The molecule has 0 aromatic heterocycles. The molecule has 0 saturated carbocycles. The number of aryl methyl sites for hydroxylation is 1. The molecule has 0 heterocycles. The fourth-order valence-corrected chi connectivity index (χ4v) is 1.50. The van der Waals surface area contributed by atoms with Crippen molar-refractivity contribution in [1.82, 2.24) is 5.32 Å². The van der Waals surface area contributed by atoms with E-state index < -0.39 is 17.8 Å². The number of nitrogens with zero attached hydrogens (tertiary/aromatic N) is 1. The first-order chi connectivity index (χ1) is 8.49. The van der Waals surface area contributed by atoms with Gasteiger partial charge in [0.1, 0.15) is 5.82 Å². The van der Waals surface area contributed by atoms with Crippen LogP contribution in [0.5, 0.6) is 0 Å². The Morgan fingerprint density at radius 1 is 1.61 bits per heavy atom. The van der Waals surface area contributed by atoms with Crippen LogP contribution in [0.4, 0.5) is 4.39 Å². The van der Waals surface area contributed by atoms with Gasteiger partial charge < -0.3 is 16.3 Å². The van der Waals surface area contributed by atoms with E-state index in [1.807, 2.05) is 0 Å². The van der Waals surface area contributed by atoms with Crippen molar-refractivity contribution in [2.75, 3.05) is 0 Å². The summed E-state index contributed by atoms with van der Waals surface area (Å²) in [4.78, 5) is 11.8. The van der Waals surface area contributed by atoms with E-state index >= 15 is 0 Å². The van der Waals surface area contributed by atoms with Crippen molar-refractivity contribution in [3.8, 4) is 0 Å². The van der Waals surface area contributed by atoms with E-state index in [0.717, 1.165) is 5.56 Å². The minimum Gasteiger partial charge on any atom is -0.409 e. The summed E-state index contributed by atoms with van der Waals surface area (Å²) >= 11 is 0. The molecule has 98 valence electrons. The fraction of sp³-hybridized carbons (Fsp3) is 0.333. The highest BCUT2D eigenvalue weighted by molar-refractivity contribution is 5.98. The summed E-state index contributed by atoms with van der Waals surface area (Å²) in [6.07, 6.45) is 0.440. The van der Waals surface area contributed by atoms with Crippen molar-refractivity contribution >= 4 is 11.7 Å². The van der Waals surface area contributed by atoms with Crippen molar-refractivity contribution in [3.05, 3.63) is 35.1 Å². The zero-order valence-electron chi connectivity index (χ0n) is 10.3. The van der Waals surface area contributed by atoms with E-state index in [2.05, 4.69) is 10.5 Å². The molecule has 4 N–H and O–H groups in total. The Kier molecular flexibility index (Phi) is 4.65. The van der Waals surface area contributed by atoms with Gasteiger partial charge in [0.15, 0.2) is 5.84 Å². The van der Waals surface area contributed by atoms with Gasteiger partial charge in [0.25, 0.3) is 5.91 Å². The molecule has 0 bridgehead atoms. The minimum absolute atomic E-state index is 0.0650. The Hall–Kier alpha value is -2.11. The zero-order chi connectivity index (χ0) is 13.7. The maximum absolute atomic E-state index is 13.6. The predicted octanol–water partition coefficient (Wildman–Crippen LogP) is 1.39. The lowest BCUT2D eigenvalue weighted by Gasteiger charge is -2.15. The molecule has 1 aromatic carbocycles. The number of carbonyl (C=O) groups is 1. The highest BCUT2D eigenvalue weighted by Gasteiger charge is 2.18. The molecule has 0 spiro atoms. The Bertz CT molecular complexity index is 474. The van der Waals surface area contributed by atoms with Gasteiger partial charge in [-0.05, 0) is 31.0 Å². The zero-order valence-corrected chi connectivity index (χ0v) is 10.3. The van der Waals surface area contributed by atoms with Gasteiger partial charge >= 0.3 is 0 Å². The SMILES string of the molecule is CCC(NC(=O)c1ccc(C)cc1F)C(N)=NO. The summed E-state index contributed by atoms with van der Waals surface area (Å²) in [6, 6.07) is 3.70. The number of hydrogen-bond donors (Lipinski definition) is 3. The maximum atomic E-state index is 13.6. The lowest BCUT2D eigenvalue weighted by Crippen LogP contribution is -2.44. The number of hydrogen-bond acceptors (Lipinski definition) is 3. The second-order valence-corrected chi connectivity index (χ2v) is 3.94. The summed E-state index contributed by atoms with van der Waals surface area (Å²) in [5.74, 6) is -1.30. The molecule has 6 heteroatoms. The van der Waals surface area contributed by atoms with Gasteiger partial charge in [0.05, 0.1) is 11.6 Å². The largest absolute Gasteiger partial charge is 0.409 e. The topological polar surface area (TPSA) is 87.7 Å². The van der Waals surface area contributed by atoms with Crippen LogP contribution in [0.15, 0.2) is 23.4 Å². The Labute approximate surface area is 104 Å². The van der Waals surface area contributed by atoms with Crippen molar-refractivity contribution in [1.29, 1.82) is 0 Å². The lowest BCUT2D eigenvalue weighted by atomic mass is 10.1. The van der Waals surface area contributed by atoms with E-state index in [4.69, 9.17) is 10.9 Å². The summed E-state index contributed by atoms with van der Waals surface area (Å²) in [6.45, 7) is 3.49. The molecule has 5 nitrogen and oxygen atoms in total. The van der Waals surface area contributed by atoms with E-state index in [9.17, 15) is 9.18 Å². The van der Waals surface area contributed by atoms with Crippen molar-refractivity contribution in [2.45, 2.75) is 26.3 Å². The molecule has 0 fully saturated rings. The first-order valence-electron chi connectivity index (χ1n) is 5.54. The summed E-state index contributed by atoms with van der Waals surface area (Å²) in [7, 11) is 0. The minimum atomic E-state index is -0.622. The molecule has 0 saturated heterocycles. The molecule has 0 radical (unpaired) electrons. The fourth-order valence-electron chi connectivity index (χ4n) is 1.50. The second-order valence-electron chi connectivity index (χ2n) is 3.94. The average molecular weight is 253 g/mol. The average Bonchev–Trinajstić information content (AvgIpc) is 2.34. The van der Waals surface area contributed by atoms with Gasteiger partial charge in [-0.3, -0.25) is 4.79 Å². The van der Waals surface area contributed by atoms with Crippen molar-refractivity contribution < 1.29 is 14.4 Å². The molecule has 0 aliphatic heterocycles. The third-order valence-corrected chi connectivity index (χ3v) is 2.56. The van der Waals surface area contributed by atoms with Crippen LogP contribution in [0.3, 0.4) is 0 Å². The number of oxime groups is 1. The lowest BCUT2D eigenvalue weighted by molar-refractivity contribution is 0.0941. The molecule has 1 aromatic rings. The van der Waals surface area contributed by atoms with Gasteiger partial charge in [-0.15, -0.1) is 0 Å². The van der Waals surface area contributed by atoms with E-state index in [0.29, 0.717) is 6.42 Å². The molecular formula is C12H16FN3O2. The highest BCUT2D eigenvalue weighted by Crippen LogP contribution is 2.10. The van der Waals surface area contributed by atoms with Crippen LogP contribution in [0.25, 0.3) is 0 Å². The molecular weight excluding hydrogens is 237 g/mol. The van der Waals surface area contributed by atoms with Crippen LogP contribution in [0, 0.1) is 12.7 Å². The van der Waals surface area contributed by atoms with Crippen molar-refractivity contribution in [3.63, 3.8) is 0 Å². The van der Waals surface area contributed by atoms with Crippen LogP contribution in [0.2, 0.25) is 0 Å². The summed E-state index contributed by atoms with van der Waals surface area (Å²) < 4.78 is 13.6. The number of carbonyl (C=O) groups excluding carboxylic acids is 1. The predicted molar refractivity (Wildman–Crippen MR) is 66.1 cm³/mol. The quantitative estimate of drug-likeness (QED) is 0.328. The van der Waals surface area contributed by atoms with Crippen LogP contribution in [-0.2, 0) is 0 Å². The number of amides is 1. The molecule has 0 aliphatic carbocycles. The molecule has 1 rings (SSSR count). The molecule has 1 atom stereocenters. The highest BCUT2D eigenvalue weighted by atomic mass is 19.1. The Morgan fingerprint density at radius 2 is 2.28 bits per heavy atom. The van der Waals surface area contributed by atoms with E-state index in [1.54, 1.807) is 19.9 Å². The smallest absolute Gasteiger partial charge is 0.254 e. The van der Waals surface area contributed by atoms with E-state index in [1.165, 1.54) is 12.1 Å². The van der Waals surface area contributed by atoms with Crippen LogP contribution < -0.4 is 11.1 Å². The van der Waals surface area contributed by atoms with Gasteiger partial charge in [0.2, 0.25) is 0 Å². The third-order valence-electron chi connectivity index (χ3n) is 2.56. The molecule has 0 aliphatic rings. The molecule has 18 heavy (non-hydrogen) atoms. The number of benzene rings is 1. The number of nitrogens with one attached hydrogen (secondary N) is 1. The number of rotatable bonds is 4. The first-order valence-corrected chi connectivity index (χ1v) is 5.54. The van der Waals surface area contributed by atoms with E-state index in [-0.39, 0.29) is 11.4 Å². The number of halogens is 1. The van der Waals surface area contributed by atoms with Crippen LogP contribution in [0.1, 0.15) is 29.3 Å². The van der Waals surface area contributed by atoms with Crippen molar-refractivity contribution in [2.24, 2.45) is 10.9 Å².